The second-order valence-electron chi connectivity index (χ2n) is 4.49. The number of carboxylic acid groups (broad SMARTS) is 1. The van der Waals surface area contributed by atoms with E-state index in [1.165, 1.54) is 18.5 Å². The smallest absolute Gasteiger partial charge is 0.312 e. The minimum absolute atomic E-state index is 0.0732. The Bertz CT molecular complexity index is 481. The van der Waals surface area contributed by atoms with E-state index in [2.05, 4.69) is 4.98 Å². The maximum absolute atomic E-state index is 12.0. The zero-order chi connectivity index (χ0) is 13.2. The lowest BCUT2D eigenvalue weighted by Crippen LogP contribution is -2.34. The van der Waals surface area contributed by atoms with Crippen molar-refractivity contribution >= 4 is 17.4 Å². The highest BCUT2D eigenvalue weighted by Gasteiger charge is 2.44. The first-order valence-corrected chi connectivity index (χ1v) is 5.58. The summed E-state index contributed by atoms with van der Waals surface area (Å²) in [4.78, 5) is 27.2. The quantitative estimate of drug-likeness (QED) is 0.763. The van der Waals surface area contributed by atoms with Crippen LogP contribution in [0, 0.1) is 5.41 Å². The van der Waals surface area contributed by atoms with E-state index >= 15 is 0 Å². The number of nitrogen functional groups attached to an aromatic ring is 1. The van der Waals surface area contributed by atoms with Gasteiger partial charge >= 0.3 is 5.97 Å². The van der Waals surface area contributed by atoms with Gasteiger partial charge in [0.15, 0.2) is 5.78 Å². The molecule has 3 N–H and O–H groups in total. The summed E-state index contributed by atoms with van der Waals surface area (Å²) >= 11 is 0. The number of ketones is 1. The summed E-state index contributed by atoms with van der Waals surface area (Å²) in [7, 11) is 0. The van der Waals surface area contributed by atoms with Gasteiger partial charge in [0.1, 0.15) is 5.41 Å². The van der Waals surface area contributed by atoms with Crippen LogP contribution in [0.25, 0.3) is 0 Å². The molecule has 0 aromatic carbocycles. The Morgan fingerprint density at radius 1 is 1.50 bits per heavy atom. The van der Waals surface area contributed by atoms with Gasteiger partial charge in [-0.3, -0.25) is 14.6 Å². The van der Waals surface area contributed by atoms with Gasteiger partial charge in [0.2, 0.25) is 0 Å². The fourth-order valence-corrected chi connectivity index (χ4v) is 2.01. The second kappa shape index (κ2) is 4.73. The van der Waals surface area contributed by atoms with E-state index in [0.29, 0.717) is 24.3 Å². The van der Waals surface area contributed by atoms with E-state index in [-0.39, 0.29) is 18.8 Å². The summed E-state index contributed by atoms with van der Waals surface area (Å²) in [5, 5.41) is 9.24. The third-order valence-electron chi connectivity index (χ3n) is 3.14. The van der Waals surface area contributed by atoms with E-state index in [1.54, 1.807) is 0 Å². The highest BCUT2D eigenvalue weighted by Crippen LogP contribution is 2.34. The van der Waals surface area contributed by atoms with Crippen molar-refractivity contribution in [3.63, 3.8) is 0 Å². The molecule has 2 heterocycles. The van der Waals surface area contributed by atoms with Crippen LogP contribution >= 0.6 is 0 Å². The molecule has 1 aromatic heterocycles. The zero-order valence-corrected chi connectivity index (χ0v) is 9.76. The molecule has 0 bridgehead atoms. The molecule has 1 fully saturated rings. The molecule has 1 aliphatic rings. The molecule has 0 saturated carbocycles. The average Bonchev–Trinajstić information content (AvgIpc) is 2.79. The number of anilines is 1. The van der Waals surface area contributed by atoms with Gasteiger partial charge in [0.25, 0.3) is 0 Å². The van der Waals surface area contributed by atoms with Crippen LogP contribution in [0.4, 0.5) is 5.69 Å². The summed E-state index contributed by atoms with van der Waals surface area (Å²) in [6.07, 6.45) is 3.09. The van der Waals surface area contributed by atoms with Gasteiger partial charge < -0.3 is 15.6 Å². The number of nitrogens with two attached hydrogens (primary N) is 1. The highest BCUT2D eigenvalue weighted by molar-refractivity contribution is 5.99. The number of carbonyl (C=O) groups is 2. The van der Waals surface area contributed by atoms with Gasteiger partial charge in [0, 0.05) is 31.0 Å². The molecule has 6 heteroatoms. The maximum atomic E-state index is 12.0. The number of Topliss-reactive ketones (excluding diaryl/α,β-unsaturated/α-hetero) is 1. The van der Waals surface area contributed by atoms with E-state index in [1.807, 2.05) is 0 Å². The molecule has 0 unspecified atom stereocenters. The number of ether oxygens (including phenoxy) is 1. The molecule has 2 rings (SSSR count). The van der Waals surface area contributed by atoms with Gasteiger partial charge in [-0.1, -0.05) is 0 Å². The average molecular weight is 250 g/mol. The van der Waals surface area contributed by atoms with Crippen LogP contribution in [0.15, 0.2) is 18.5 Å². The van der Waals surface area contributed by atoms with Crippen LogP contribution < -0.4 is 5.73 Å². The number of carboxylic acids is 1. The summed E-state index contributed by atoms with van der Waals surface area (Å²) in [6.45, 7) is 0.443. The summed E-state index contributed by atoms with van der Waals surface area (Å²) in [5.41, 5.74) is 5.15. The molecular weight excluding hydrogens is 236 g/mol. The Morgan fingerprint density at radius 3 is 2.83 bits per heavy atom. The summed E-state index contributed by atoms with van der Waals surface area (Å²) in [6, 6.07) is 1.50. The number of carbonyl (C=O) groups excluding carboxylic acids is 1. The molecule has 0 aliphatic carbocycles. The molecule has 1 aromatic rings. The monoisotopic (exact) mass is 250 g/mol. The van der Waals surface area contributed by atoms with E-state index in [0.717, 1.165) is 0 Å². The Labute approximate surface area is 104 Å². The Hall–Kier alpha value is -1.95. The van der Waals surface area contributed by atoms with Crippen molar-refractivity contribution in [3.8, 4) is 0 Å². The fourth-order valence-electron chi connectivity index (χ4n) is 2.01. The molecular formula is C12H14N2O4. The van der Waals surface area contributed by atoms with Crippen molar-refractivity contribution in [3.05, 3.63) is 24.0 Å². The molecule has 96 valence electrons. The fraction of sp³-hybridized carbons (Fsp3) is 0.417. The molecule has 1 atom stereocenters. The zero-order valence-electron chi connectivity index (χ0n) is 9.76. The summed E-state index contributed by atoms with van der Waals surface area (Å²) in [5.74, 6) is -1.27. The van der Waals surface area contributed by atoms with Crippen LogP contribution in [-0.2, 0) is 9.53 Å². The van der Waals surface area contributed by atoms with Gasteiger partial charge in [-0.25, -0.2) is 0 Å². The number of pyridine rings is 1. The van der Waals surface area contributed by atoms with Gasteiger partial charge in [-0.2, -0.15) is 0 Å². The molecule has 1 saturated heterocycles. The Balaban J connectivity index is 2.18. The van der Waals surface area contributed by atoms with E-state index < -0.39 is 11.4 Å². The largest absolute Gasteiger partial charge is 0.481 e. The third-order valence-corrected chi connectivity index (χ3v) is 3.14. The van der Waals surface area contributed by atoms with Crippen molar-refractivity contribution in [2.45, 2.75) is 12.8 Å². The Kier molecular flexibility index (Phi) is 3.29. The molecule has 0 amide bonds. The van der Waals surface area contributed by atoms with Gasteiger partial charge in [0.05, 0.1) is 12.3 Å². The number of nitrogens with zero attached hydrogens (tertiary/aromatic N) is 1. The lowest BCUT2D eigenvalue weighted by molar-refractivity contribution is -0.148. The highest BCUT2D eigenvalue weighted by atomic mass is 16.5. The Morgan fingerprint density at radius 2 is 2.28 bits per heavy atom. The normalized spacial score (nSPS) is 22.9. The van der Waals surface area contributed by atoms with Crippen LogP contribution in [0.1, 0.15) is 23.2 Å². The maximum Gasteiger partial charge on any atom is 0.312 e. The van der Waals surface area contributed by atoms with E-state index in [9.17, 15) is 14.7 Å². The van der Waals surface area contributed by atoms with Crippen molar-refractivity contribution in [1.29, 1.82) is 0 Å². The predicted octanol–water partition coefficient (Wildman–Crippen LogP) is 0.728. The van der Waals surface area contributed by atoms with Crippen molar-refractivity contribution in [2.24, 2.45) is 5.41 Å². The molecule has 0 spiro atoms. The van der Waals surface area contributed by atoms with Crippen LogP contribution in [0.5, 0.6) is 0 Å². The third kappa shape index (κ3) is 2.33. The van der Waals surface area contributed by atoms with Crippen molar-refractivity contribution in [1.82, 2.24) is 4.98 Å². The minimum Gasteiger partial charge on any atom is -0.481 e. The van der Waals surface area contributed by atoms with Gasteiger partial charge in [-0.05, 0) is 12.5 Å². The molecule has 6 nitrogen and oxygen atoms in total. The van der Waals surface area contributed by atoms with Crippen molar-refractivity contribution < 1.29 is 19.4 Å². The minimum atomic E-state index is -1.11. The number of hydrogen-bond acceptors (Lipinski definition) is 5. The first-order chi connectivity index (χ1) is 8.53. The number of rotatable bonds is 4. The van der Waals surface area contributed by atoms with Gasteiger partial charge in [-0.15, -0.1) is 0 Å². The van der Waals surface area contributed by atoms with Crippen LogP contribution in [-0.4, -0.2) is 35.1 Å². The number of hydrogen-bond donors (Lipinski definition) is 2. The first-order valence-electron chi connectivity index (χ1n) is 5.58. The SMILES string of the molecule is Nc1cncc(C(=O)C[C@@]2(C(=O)O)CCOC2)c1. The number of aromatic nitrogens is 1. The molecule has 18 heavy (non-hydrogen) atoms. The lowest BCUT2D eigenvalue weighted by atomic mass is 9.81. The lowest BCUT2D eigenvalue weighted by Gasteiger charge is -2.20. The predicted molar refractivity (Wildman–Crippen MR) is 63.1 cm³/mol. The molecule has 0 radical (unpaired) electrons. The standard InChI is InChI=1S/C12H14N2O4/c13-9-3-8(5-14-6-9)10(15)4-12(11(16)17)1-2-18-7-12/h3,5-6H,1-2,4,7,13H2,(H,16,17)/t12-/m0/s1. The summed E-state index contributed by atoms with van der Waals surface area (Å²) < 4.78 is 5.11. The second-order valence-corrected chi connectivity index (χ2v) is 4.49. The van der Waals surface area contributed by atoms with Crippen molar-refractivity contribution in [2.75, 3.05) is 18.9 Å². The van der Waals surface area contributed by atoms with Crippen LogP contribution in [0.2, 0.25) is 0 Å². The number of aliphatic carboxylic acids is 1. The van der Waals surface area contributed by atoms with Crippen LogP contribution in [0.3, 0.4) is 0 Å². The van der Waals surface area contributed by atoms with E-state index in [4.69, 9.17) is 10.5 Å². The molecule has 1 aliphatic heterocycles. The topological polar surface area (TPSA) is 103 Å². The first kappa shape index (κ1) is 12.5.